The summed E-state index contributed by atoms with van der Waals surface area (Å²) in [6.45, 7) is 7.66. The molecule has 102 valence electrons. The van der Waals surface area contributed by atoms with E-state index in [4.69, 9.17) is 4.74 Å². The van der Waals surface area contributed by atoms with Crippen molar-refractivity contribution in [3.63, 3.8) is 0 Å². The SMILES string of the molecule is CCNCc1cccc(Oc2c(C)nn(C)c2C)n1. The van der Waals surface area contributed by atoms with Gasteiger partial charge in [0, 0.05) is 19.7 Å². The minimum Gasteiger partial charge on any atom is -0.435 e. The largest absolute Gasteiger partial charge is 0.435 e. The van der Waals surface area contributed by atoms with E-state index in [1.54, 1.807) is 0 Å². The van der Waals surface area contributed by atoms with Gasteiger partial charge in [0.05, 0.1) is 11.4 Å². The van der Waals surface area contributed by atoms with Crippen LogP contribution in [-0.2, 0) is 13.6 Å². The quantitative estimate of drug-likeness (QED) is 0.896. The first kappa shape index (κ1) is 13.5. The lowest BCUT2D eigenvalue weighted by Crippen LogP contribution is -2.12. The summed E-state index contributed by atoms with van der Waals surface area (Å²) in [7, 11) is 1.91. The Bertz CT molecular complexity index is 563. The highest BCUT2D eigenvalue weighted by atomic mass is 16.5. The van der Waals surface area contributed by atoms with Crippen LogP contribution in [-0.4, -0.2) is 21.3 Å². The number of nitrogens with one attached hydrogen (secondary N) is 1. The van der Waals surface area contributed by atoms with Crippen LogP contribution in [0.2, 0.25) is 0 Å². The summed E-state index contributed by atoms with van der Waals surface area (Å²) in [6, 6.07) is 5.80. The third kappa shape index (κ3) is 3.12. The lowest BCUT2D eigenvalue weighted by molar-refractivity contribution is 0.452. The number of nitrogens with zero attached hydrogens (tertiary/aromatic N) is 3. The van der Waals surface area contributed by atoms with E-state index < -0.39 is 0 Å². The monoisotopic (exact) mass is 260 g/mol. The molecule has 0 atom stereocenters. The number of hydrogen-bond acceptors (Lipinski definition) is 4. The smallest absolute Gasteiger partial charge is 0.219 e. The predicted octanol–water partition coefficient (Wildman–Crippen LogP) is 2.33. The molecule has 2 aromatic rings. The van der Waals surface area contributed by atoms with Gasteiger partial charge in [-0.15, -0.1) is 0 Å². The molecule has 0 aliphatic heterocycles. The second kappa shape index (κ2) is 5.84. The minimum absolute atomic E-state index is 0.606. The van der Waals surface area contributed by atoms with E-state index in [1.165, 1.54) is 0 Å². The maximum atomic E-state index is 5.86. The maximum absolute atomic E-state index is 5.86. The molecule has 2 aromatic heterocycles. The third-order valence-corrected chi connectivity index (χ3v) is 2.99. The van der Waals surface area contributed by atoms with Crippen LogP contribution >= 0.6 is 0 Å². The Morgan fingerprint density at radius 1 is 1.32 bits per heavy atom. The molecule has 0 aromatic carbocycles. The van der Waals surface area contributed by atoms with Gasteiger partial charge >= 0.3 is 0 Å². The van der Waals surface area contributed by atoms with E-state index in [0.717, 1.165) is 35.9 Å². The van der Waals surface area contributed by atoms with E-state index in [-0.39, 0.29) is 0 Å². The lowest BCUT2D eigenvalue weighted by Gasteiger charge is -2.07. The van der Waals surface area contributed by atoms with Crippen LogP contribution in [0.4, 0.5) is 0 Å². The van der Waals surface area contributed by atoms with Gasteiger partial charge in [-0.1, -0.05) is 13.0 Å². The van der Waals surface area contributed by atoms with Gasteiger partial charge in [0.2, 0.25) is 5.88 Å². The van der Waals surface area contributed by atoms with Gasteiger partial charge in [-0.05, 0) is 26.5 Å². The second-order valence-corrected chi connectivity index (χ2v) is 4.47. The second-order valence-electron chi connectivity index (χ2n) is 4.47. The van der Waals surface area contributed by atoms with Gasteiger partial charge in [0.1, 0.15) is 5.69 Å². The molecule has 0 radical (unpaired) electrons. The van der Waals surface area contributed by atoms with Crippen LogP contribution in [0.3, 0.4) is 0 Å². The van der Waals surface area contributed by atoms with E-state index in [1.807, 2.05) is 43.8 Å². The lowest BCUT2D eigenvalue weighted by atomic mass is 10.3. The molecule has 0 amide bonds. The Morgan fingerprint density at radius 3 is 2.74 bits per heavy atom. The van der Waals surface area contributed by atoms with Crippen molar-refractivity contribution in [2.24, 2.45) is 7.05 Å². The Balaban J connectivity index is 2.18. The van der Waals surface area contributed by atoms with Gasteiger partial charge in [0.15, 0.2) is 5.75 Å². The van der Waals surface area contributed by atoms with Crippen LogP contribution in [0.1, 0.15) is 24.0 Å². The van der Waals surface area contributed by atoms with Gasteiger partial charge in [0.25, 0.3) is 0 Å². The first-order valence-corrected chi connectivity index (χ1v) is 6.46. The van der Waals surface area contributed by atoms with E-state index in [9.17, 15) is 0 Å². The number of pyridine rings is 1. The average Bonchev–Trinajstić information content (AvgIpc) is 2.64. The Morgan fingerprint density at radius 2 is 2.11 bits per heavy atom. The predicted molar refractivity (Wildman–Crippen MR) is 74.4 cm³/mol. The van der Waals surface area contributed by atoms with Crippen LogP contribution in [0, 0.1) is 13.8 Å². The van der Waals surface area contributed by atoms with Crippen molar-refractivity contribution >= 4 is 0 Å². The van der Waals surface area contributed by atoms with E-state index in [2.05, 4.69) is 22.3 Å². The summed E-state index contributed by atoms with van der Waals surface area (Å²) in [5.41, 5.74) is 2.84. The Hall–Kier alpha value is -1.88. The van der Waals surface area contributed by atoms with Crippen molar-refractivity contribution in [3.05, 3.63) is 35.3 Å². The zero-order valence-electron chi connectivity index (χ0n) is 11.9. The van der Waals surface area contributed by atoms with Crippen molar-refractivity contribution in [2.45, 2.75) is 27.3 Å². The number of aryl methyl sites for hydroxylation is 2. The van der Waals surface area contributed by atoms with E-state index in [0.29, 0.717) is 5.88 Å². The molecule has 5 heteroatoms. The summed E-state index contributed by atoms with van der Waals surface area (Å²) < 4.78 is 7.67. The number of hydrogen-bond donors (Lipinski definition) is 1. The van der Waals surface area contributed by atoms with Crippen LogP contribution in [0.25, 0.3) is 0 Å². The molecule has 5 nitrogen and oxygen atoms in total. The molecular formula is C14H20N4O. The zero-order valence-corrected chi connectivity index (χ0v) is 11.9. The fraction of sp³-hybridized carbons (Fsp3) is 0.429. The van der Waals surface area contributed by atoms with Crippen LogP contribution in [0.5, 0.6) is 11.6 Å². The summed E-state index contributed by atoms with van der Waals surface area (Å²) in [4.78, 5) is 4.48. The maximum Gasteiger partial charge on any atom is 0.219 e. The molecule has 0 saturated heterocycles. The normalized spacial score (nSPS) is 10.7. The summed E-state index contributed by atoms with van der Waals surface area (Å²) >= 11 is 0. The first-order chi connectivity index (χ1) is 9.11. The molecule has 0 aliphatic carbocycles. The molecule has 2 heterocycles. The number of ether oxygens (including phenoxy) is 1. The highest BCUT2D eigenvalue weighted by Gasteiger charge is 2.12. The number of rotatable bonds is 5. The molecule has 0 aliphatic rings. The van der Waals surface area contributed by atoms with Crippen LogP contribution < -0.4 is 10.1 Å². The molecule has 0 fully saturated rings. The highest BCUT2D eigenvalue weighted by molar-refractivity contribution is 5.35. The van der Waals surface area contributed by atoms with Crippen molar-refractivity contribution < 1.29 is 4.74 Å². The highest BCUT2D eigenvalue weighted by Crippen LogP contribution is 2.26. The Labute approximate surface area is 113 Å². The fourth-order valence-electron chi connectivity index (χ4n) is 1.87. The van der Waals surface area contributed by atoms with Gasteiger partial charge < -0.3 is 10.1 Å². The average molecular weight is 260 g/mol. The van der Waals surface area contributed by atoms with Crippen molar-refractivity contribution in [1.82, 2.24) is 20.1 Å². The molecule has 0 bridgehead atoms. The molecule has 19 heavy (non-hydrogen) atoms. The summed E-state index contributed by atoms with van der Waals surface area (Å²) in [6.07, 6.45) is 0. The standard InChI is InChI=1S/C14H20N4O/c1-5-15-9-12-7-6-8-13(16-12)19-14-10(2)17-18(4)11(14)3/h6-8,15H,5,9H2,1-4H3. The third-order valence-electron chi connectivity index (χ3n) is 2.99. The molecule has 0 spiro atoms. The fourth-order valence-corrected chi connectivity index (χ4v) is 1.87. The van der Waals surface area contributed by atoms with E-state index >= 15 is 0 Å². The first-order valence-electron chi connectivity index (χ1n) is 6.46. The zero-order chi connectivity index (χ0) is 13.8. The van der Waals surface area contributed by atoms with Crippen molar-refractivity contribution in [2.75, 3.05) is 6.54 Å². The van der Waals surface area contributed by atoms with Crippen LogP contribution in [0.15, 0.2) is 18.2 Å². The Kier molecular flexibility index (Phi) is 4.16. The molecule has 0 unspecified atom stereocenters. The minimum atomic E-state index is 0.606. The van der Waals surface area contributed by atoms with Crippen molar-refractivity contribution in [3.8, 4) is 11.6 Å². The van der Waals surface area contributed by atoms with Gasteiger partial charge in [-0.3, -0.25) is 4.68 Å². The van der Waals surface area contributed by atoms with Gasteiger partial charge in [-0.2, -0.15) is 5.10 Å². The van der Waals surface area contributed by atoms with Crippen molar-refractivity contribution in [1.29, 1.82) is 0 Å². The topological polar surface area (TPSA) is 52.0 Å². The molecule has 2 rings (SSSR count). The molecule has 0 saturated carbocycles. The molecular weight excluding hydrogens is 240 g/mol. The summed E-state index contributed by atoms with van der Waals surface area (Å²) in [5.74, 6) is 1.39. The van der Waals surface area contributed by atoms with Gasteiger partial charge in [-0.25, -0.2) is 4.98 Å². The number of aromatic nitrogens is 3. The molecule has 1 N–H and O–H groups in total. The summed E-state index contributed by atoms with van der Waals surface area (Å²) in [5, 5.41) is 7.58.